The third kappa shape index (κ3) is 3.89. The lowest BCUT2D eigenvalue weighted by Crippen LogP contribution is -2.39. The van der Waals surface area contributed by atoms with E-state index in [9.17, 15) is 4.79 Å². The number of para-hydroxylation sites is 1. The van der Waals surface area contributed by atoms with Crippen molar-refractivity contribution in [2.45, 2.75) is 24.9 Å². The van der Waals surface area contributed by atoms with Gasteiger partial charge in [0.15, 0.2) is 5.82 Å². The summed E-state index contributed by atoms with van der Waals surface area (Å²) in [6.07, 6.45) is 2.14. The fourth-order valence-corrected chi connectivity index (χ4v) is 3.62. The van der Waals surface area contributed by atoms with Gasteiger partial charge in [-0.3, -0.25) is 4.79 Å². The van der Waals surface area contributed by atoms with E-state index in [0.29, 0.717) is 28.4 Å². The zero-order valence-electron chi connectivity index (χ0n) is 14.5. The lowest BCUT2D eigenvalue weighted by molar-refractivity contribution is -0.129. The van der Waals surface area contributed by atoms with E-state index in [1.807, 2.05) is 29.2 Å². The number of aromatic nitrogens is 3. The molecule has 1 aromatic heterocycles. The number of hydrogen-bond donors (Lipinski definition) is 1. The van der Waals surface area contributed by atoms with Crippen molar-refractivity contribution in [1.29, 1.82) is 0 Å². The molecule has 7 nitrogen and oxygen atoms in total. The molecule has 25 heavy (non-hydrogen) atoms. The summed E-state index contributed by atoms with van der Waals surface area (Å²) in [5.41, 5.74) is 0.767. The largest absolute Gasteiger partial charge is 0.496 e. The van der Waals surface area contributed by atoms with Gasteiger partial charge in [0.05, 0.1) is 18.4 Å². The van der Waals surface area contributed by atoms with E-state index >= 15 is 0 Å². The standard InChI is InChI=1S/C17H23N5O2S/c1-12-7-9-21(10-8-12)15(23)11-25-17-20-19-16(22(17)18)13-5-3-4-6-14(13)24-2/h3-6,12H,7-11,18H2,1-2H3. The van der Waals surface area contributed by atoms with Crippen molar-refractivity contribution in [2.24, 2.45) is 5.92 Å². The van der Waals surface area contributed by atoms with Gasteiger partial charge in [-0.2, -0.15) is 0 Å². The summed E-state index contributed by atoms with van der Waals surface area (Å²) in [6.45, 7) is 3.90. The number of ether oxygens (including phenoxy) is 1. The average molecular weight is 361 g/mol. The summed E-state index contributed by atoms with van der Waals surface area (Å²) in [4.78, 5) is 14.3. The first-order valence-electron chi connectivity index (χ1n) is 8.34. The Hall–Kier alpha value is -2.22. The van der Waals surface area contributed by atoms with Crippen LogP contribution >= 0.6 is 11.8 Å². The molecule has 8 heteroatoms. The van der Waals surface area contributed by atoms with Crippen LogP contribution < -0.4 is 10.6 Å². The molecule has 0 spiro atoms. The topological polar surface area (TPSA) is 86.3 Å². The molecule has 1 aliphatic rings. The summed E-state index contributed by atoms with van der Waals surface area (Å²) in [5.74, 6) is 8.46. The molecule has 1 fully saturated rings. The molecular weight excluding hydrogens is 338 g/mol. The van der Waals surface area contributed by atoms with Gasteiger partial charge in [0.2, 0.25) is 11.1 Å². The van der Waals surface area contributed by atoms with Crippen LogP contribution in [0.2, 0.25) is 0 Å². The van der Waals surface area contributed by atoms with Gasteiger partial charge in [-0.05, 0) is 30.9 Å². The number of piperidine rings is 1. The zero-order chi connectivity index (χ0) is 17.8. The van der Waals surface area contributed by atoms with Crippen LogP contribution in [-0.2, 0) is 4.79 Å². The van der Waals surface area contributed by atoms with Crippen molar-refractivity contribution in [1.82, 2.24) is 19.8 Å². The SMILES string of the molecule is COc1ccccc1-c1nnc(SCC(=O)N2CCC(C)CC2)n1N. The Morgan fingerprint density at radius 3 is 2.76 bits per heavy atom. The van der Waals surface area contributed by atoms with Crippen molar-refractivity contribution in [3.05, 3.63) is 24.3 Å². The minimum atomic E-state index is 0.124. The first-order chi connectivity index (χ1) is 12.1. The normalized spacial score (nSPS) is 15.4. The highest BCUT2D eigenvalue weighted by Gasteiger charge is 2.22. The highest BCUT2D eigenvalue weighted by atomic mass is 32.2. The van der Waals surface area contributed by atoms with Crippen LogP contribution in [0.3, 0.4) is 0 Å². The van der Waals surface area contributed by atoms with E-state index in [1.54, 1.807) is 7.11 Å². The van der Waals surface area contributed by atoms with Gasteiger partial charge in [-0.25, -0.2) is 4.68 Å². The van der Waals surface area contributed by atoms with Crippen LogP contribution in [0.15, 0.2) is 29.4 Å². The lowest BCUT2D eigenvalue weighted by atomic mass is 9.99. The van der Waals surface area contributed by atoms with Crippen LogP contribution in [0.1, 0.15) is 19.8 Å². The summed E-state index contributed by atoms with van der Waals surface area (Å²) < 4.78 is 6.76. The van der Waals surface area contributed by atoms with Crippen molar-refractivity contribution >= 4 is 17.7 Å². The number of nitrogen functional groups attached to an aromatic ring is 1. The number of amides is 1. The quantitative estimate of drug-likeness (QED) is 0.648. The fourth-order valence-electron chi connectivity index (χ4n) is 2.86. The van der Waals surface area contributed by atoms with Crippen LogP contribution in [0, 0.1) is 5.92 Å². The smallest absolute Gasteiger partial charge is 0.233 e. The van der Waals surface area contributed by atoms with E-state index in [2.05, 4.69) is 17.1 Å². The Morgan fingerprint density at radius 2 is 2.04 bits per heavy atom. The molecule has 0 bridgehead atoms. The number of methoxy groups -OCH3 is 1. The highest BCUT2D eigenvalue weighted by molar-refractivity contribution is 7.99. The van der Waals surface area contributed by atoms with E-state index < -0.39 is 0 Å². The second-order valence-corrected chi connectivity index (χ2v) is 7.17. The van der Waals surface area contributed by atoms with Crippen molar-refractivity contribution in [3.63, 3.8) is 0 Å². The predicted molar refractivity (Wildman–Crippen MR) is 97.9 cm³/mol. The molecule has 1 saturated heterocycles. The zero-order valence-corrected chi connectivity index (χ0v) is 15.3. The second-order valence-electron chi connectivity index (χ2n) is 6.23. The minimum Gasteiger partial charge on any atom is -0.496 e. The van der Waals surface area contributed by atoms with Gasteiger partial charge in [0.25, 0.3) is 0 Å². The number of carbonyl (C=O) groups excluding carboxylic acids is 1. The number of thioether (sulfide) groups is 1. The fraction of sp³-hybridized carbons (Fsp3) is 0.471. The molecule has 0 saturated carbocycles. The molecule has 1 aliphatic heterocycles. The van der Waals surface area contributed by atoms with Gasteiger partial charge in [0.1, 0.15) is 5.75 Å². The Bertz CT molecular complexity index is 740. The molecule has 0 atom stereocenters. The third-order valence-electron chi connectivity index (χ3n) is 4.47. The number of benzene rings is 1. The van der Waals surface area contributed by atoms with Crippen LogP contribution in [0.5, 0.6) is 5.75 Å². The average Bonchev–Trinajstić information content (AvgIpc) is 3.00. The molecule has 134 valence electrons. The summed E-state index contributed by atoms with van der Waals surface area (Å²) in [7, 11) is 1.60. The molecule has 0 radical (unpaired) electrons. The van der Waals surface area contributed by atoms with Crippen molar-refractivity contribution in [2.75, 3.05) is 31.8 Å². The first-order valence-corrected chi connectivity index (χ1v) is 9.33. The summed E-state index contributed by atoms with van der Waals surface area (Å²) in [6, 6.07) is 7.49. The molecule has 2 N–H and O–H groups in total. The Labute approximate surface area is 151 Å². The maximum absolute atomic E-state index is 12.4. The van der Waals surface area contributed by atoms with E-state index in [1.165, 1.54) is 16.4 Å². The maximum Gasteiger partial charge on any atom is 0.233 e. The van der Waals surface area contributed by atoms with Gasteiger partial charge >= 0.3 is 0 Å². The van der Waals surface area contributed by atoms with Crippen LogP contribution in [0.4, 0.5) is 0 Å². The third-order valence-corrected chi connectivity index (χ3v) is 5.40. The molecule has 1 aromatic carbocycles. The number of likely N-dealkylation sites (tertiary alicyclic amines) is 1. The monoisotopic (exact) mass is 361 g/mol. The number of carbonyl (C=O) groups is 1. The number of nitrogens with zero attached hydrogens (tertiary/aromatic N) is 4. The Balaban J connectivity index is 1.66. The van der Waals surface area contributed by atoms with Crippen molar-refractivity contribution in [3.8, 4) is 17.1 Å². The molecule has 2 heterocycles. The van der Waals surface area contributed by atoms with Gasteiger partial charge in [-0.15, -0.1) is 10.2 Å². The molecule has 0 unspecified atom stereocenters. The molecule has 1 amide bonds. The number of hydrogen-bond acceptors (Lipinski definition) is 6. The second kappa shape index (κ2) is 7.77. The van der Waals surface area contributed by atoms with Gasteiger partial charge in [0, 0.05) is 13.1 Å². The Morgan fingerprint density at radius 1 is 1.32 bits per heavy atom. The van der Waals surface area contributed by atoms with E-state index in [-0.39, 0.29) is 5.91 Å². The predicted octanol–water partition coefficient (Wildman–Crippen LogP) is 2.02. The van der Waals surface area contributed by atoms with Gasteiger partial charge in [-0.1, -0.05) is 30.8 Å². The van der Waals surface area contributed by atoms with Crippen molar-refractivity contribution < 1.29 is 9.53 Å². The van der Waals surface area contributed by atoms with Crippen LogP contribution in [0.25, 0.3) is 11.4 Å². The Kier molecular flexibility index (Phi) is 5.47. The summed E-state index contributed by atoms with van der Waals surface area (Å²) in [5, 5.41) is 8.79. The lowest BCUT2D eigenvalue weighted by Gasteiger charge is -2.30. The molecule has 0 aliphatic carbocycles. The minimum absolute atomic E-state index is 0.124. The van der Waals surface area contributed by atoms with E-state index in [4.69, 9.17) is 10.6 Å². The highest BCUT2D eigenvalue weighted by Crippen LogP contribution is 2.29. The maximum atomic E-state index is 12.4. The molecule has 3 rings (SSSR count). The number of nitrogens with two attached hydrogens (primary N) is 1. The molecule has 2 aromatic rings. The van der Waals surface area contributed by atoms with E-state index in [0.717, 1.165) is 31.5 Å². The van der Waals surface area contributed by atoms with Gasteiger partial charge < -0.3 is 15.5 Å². The summed E-state index contributed by atoms with van der Waals surface area (Å²) >= 11 is 1.31. The number of rotatable bonds is 5. The molecular formula is C17H23N5O2S. The first kappa shape index (κ1) is 17.6. The van der Waals surface area contributed by atoms with Crippen LogP contribution in [-0.4, -0.2) is 51.6 Å².